The van der Waals surface area contributed by atoms with Gasteiger partial charge in [0.2, 0.25) is 0 Å². The number of Topliss-reactive ketones (excluding diaryl/α,β-unsaturated/α-hetero) is 1. The highest BCUT2D eigenvalue weighted by atomic mass is 32.2. The Morgan fingerprint density at radius 2 is 2.42 bits per heavy atom. The van der Waals surface area contributed by atoms with Gasteiger partial charge in [0.1, 0.15) is 5.03 Å². The van der Waals surface area contributed by atoms with Crippen molar-refractivity contribution in [3.05, 3.63) is 12.0 Å². The number of hydrogen-bond acceptors (Lipinski definition) is 3. The Bertz CT molecular complexity index is 293. The number of imidazole rings is 1. The molecule has 0 saturated carbocycles. The fourth-order valence-electron chi connectivity index (χ4n) is 0.954. The van der Waals surface area contributed by atoms with E-state index in [1.807, 2.05) is 26.4 Å². The fraction of sp³-hybridized carbons (Fsp3) is 0.500. The van der Waals surface area contributed by atoms with Crippen LogP contribution in [-0.2, 0) is 7.05 Å². The Kier molecular flexibility index (Phi) is 2.92. The minimum absolute atomic E-state index is 0.0952. The quantitative estimate of drug-likeness (QED) is 0.530. The van der Waals surface area contributed by atoms with Gasteiger partial charge in [0, 0.05) is 19.7 Å². The predicted octanol–water partition coefficient (Wildman–Crippen LogP) is 1.73. The Morgan fingerprint density at radius 1 is 1.75 bits per heavy atom. The van der Waals surface area contributed by atoms with E-state index in [-0.39, 0.29) is 5.78 Å². The molecule has 0 amide bonds. The molecule has 0 atom stereocenters. The predicted molar refractivity (Wildman–Crippen MR) is 49.6 cm³/mol. The lowest BCUT2D eigenvalue weighted by Crippen LogP contribution is -2.05. The molecule has 12 heavy (non-hydrogen) atoms. The van der Waals surface area contributed by atoms with E-state index in [4.69, 9.17) is 0 Å². The third-order valence-corrected chi connectivity index (χ3v) is 2.25. The zero-order chi connectivity index (χ0) is 9.14. The van der Waals surface area contributed by atoms with Crippen LogP contribution in [0, 0.1) is 0 Å². The number of hydrogen-bond donors (Lipinski definition) is 0. The van der Waals surface area contributed by atoms with Crippen LogP contribution in [-0.4, -0.2) is 21.6 Å². The lowest BCUT2D eigenvalue weighted by atomic mass is 10.3. The molecular formula is C8H12N2OS. The van der Waals surface area contributed by atoms with E-state index in [0.29, 0.717) is 12.2 Å². The first-order valence-corrected chi connectivity index (χ1v) is 5.02. The van der Waals surface area contributed by atoms with Gasteiger partial charge >= 0.3 is 0 Å². The normalized spacial score (nSPS) is 10.2. The first-order valence-electron chi connectivity index (χ1n) is 3.79. The van der Waals surface area contributed by atoms with Crippen LogP contribution in [0.25, 0.3) is 0 Å². The average Bonchev–Trinajstić information content (AvgIpc) is 2.45. The van der Waals surface area contributed by atoms with Crippen LogP contribution in [0.15, 0.2) is 11.2 Å². The number of rotatable bonds is 3. The summed E-state index contributed by atoms with van der Waals surface area (Å²) in [6.07, 6.45) is 4.33. The first-order chi connectivity index (χ1) is 5.69. The summed E-state index contributed by atoms with van der Waals surface area (Å²) < 4.78 is 1.78. The van der Waals surface area contributed by atoms with Gasteiger partial charge in [0.25, 0.3) is 0 Å². The number of nitrogens with zero attached hydrogens (tertiary/aromatic N) is 2. The molecule has 0 N–H and O–H groups in total. The van der Waals surface area contributed by atoms with E-state index in [0.717, 1.165) is 5.03 Å². The second kappa shape index (κ2) is 3.76. The number of carbonyl (C=O) groups is 1. The monoisotopic (exact) mass is 184 g/mol. The summed E-state index contributed by atoms with van der Waals surface area (Å²) in [5.41, 5.74) is 0. The highest BCUT2D eigenvalue weighted by molar-refractivity contribution is 7.98. The molecule has 1 rings (SSSR count). The summed E-state index contributed by atoms with van der Waals surface area (Å²) in [4.78, 5) is 15.4. The molecule has 0 bridgehead atoms. The summed E-state index contributed by atoms with van der Waals surface area (Å²) in [6, 6.07) is 0. The van der Waals surface area contributed by atoms with Crippen molar-refractivity contribution in [2.75, 3.05) is 6.26 Å². The maximum atomic E-state index is 11.3. The Hall–Kier alpha value is -0.770. The van der Waals surface area contributed by atoms with Crippen molar-refractivity contribution in [1.29, 1.82) is 0 Å². The van der Waals surface area contributed by atoms with Crippen molar-refractivity contribution >= 4 is 17.5 Å². The van der Waals surface area contributed by atoms with Crippen molar-refractivity contribution in [2.45, 2.75) is 18.4 Å². The van der Waals surface area contributed by atoms with E-state index < -0.39 is 0 Å². The fourth-order valence-corrected chi connectivity index (χ4v) is 1.40. The van der Waals surface area contributed by atoms with Crippen molar-refractivity contribution in [1.82, 2.24) is 9.55 Å². The van der Waals surface area contributed by atoms with Gasteiger partial charge in [-0.3, -0.25) is 4.79 Å². The van der Waals surface area contributed by atoms with Gasteiger partial charge < -0.3 is 4.57 Å². The molecule has 1 aromatic heterocycles. The number of carbonyl (C=O) groups excluding carboxylic acids is 1. The Balaban J connectivity index is 2.99. The molecule has 0 fully saturated rings. The van der Waals surface area contributed by atoms with Crippen molar-refractivity contribution in [3.8, 4) is 0 Å². The summed E-state index contributed by atoms with van der Waals surface area (Å²) in [5.74, 6) is 0.652. The molecule has 1 heterocycles. The van der Waals surface area contributed by atoms with E-state index in [2.05, 4.69) is 4.98 Å². The van der Waals surface area contributed by atoms with Gasteiger partial charge in [-0.25, -0.2) is 4.98 Å². The molecule has 0 radical (unpaired) electrons. The van der Waals surface area contributed by atoms with Crippen LogP contribution in [0.2, 0.25) is 0 Å². The Labute approximate surface area is 76.2 Å². The van der Waals surface area contributed by atoms with Crippen LogP contribution >= 0.6 is 11.8 Å². The van der Waals surface area contributed by atoms with Gasteiger partial charge in [-0.05, 0) is 6.26 Å². The van der Waals surface area contributed by atoms with E-state index in [1.165, 1.54) is 0 Å². The van der Waals surface area contributed by atoms with Crippen molar-refractivity contribution in [3.63, 3.8) is 0 Å². The van der Waals surface area contributed by atoms with Crippen LogP contribution in [0.4, 0.5) is 0 Å². The second-order valence-corrected chi connectivity index (χ2v) is 3.32. The van der Waals surface area contributed by atoms with Crippen LogP contribution in [0.1, 0.15) is 24.0 Å². The largest absolute Gasteiger partial charge is 0.330 e. The molecule has 66 valence electrons. The molecule has 0 spiro atoms. The standard InChI is InChI=1S/C8H12N2OS/c1-4-6(11)8-9-7(12-3)5-10(8)2/h5H,4H2,1-3H3. The summed E-state index contributed by atoms with van der Waals surface area (Å²) in [5, 5.41) is 0.898. The average molecular weight is 184 g/mol. The smallest absolute Gasteiger partial charge is 0.198 e. The molecule has 0 aliphatic heterocycles. The molecule has 0 saturated heterocycles. The molecule has 0 aliphatic carbocycles. The zero-order valence-electron chi connectivity index (χ0n) is 7.50. The number of aryl methyl sites for hydroxylation is 1. The third-order valence-electron chi connectivity index (χ3n) is 1.63. The summed E-state index contributed by atoms with van der Waals surface area (Å²) in [6.45, 7) is 1.84. The molecule has 0 unspecified atom stereocenters. The highest BCUT2D eigenvalue weighted by Crippen LogP contribution is 2.13. The van der Waals surface area contributed by atoms with Crippen molar-refractivity contribution in [2.24, 2.45) is 7.05 Å². The van der Waals surface area contributed by atoms with Gasteiger partial charge in [-0.1, -0.05) is 6.92 Å². The summed E-state index contributed by atoms with van der Waals surface area (Å²) >= 11 is 1.55. The third kappa shape index (κ3) is 1.69. The lowest BCUT2D eigenvalue weighted by molar-refractivity contribution is 0.0975. The van der Waals surface area contributed by atoms with Crippen LogP contribution in [0.5, 0.6) is 0 Å². The minimum Gasteiger partial charge on any atom is -0.330 e. The lowest BCUT2D eigenvalue weighted by Gasteiger charge is -1.95. The zero-order valence-corrected chi connectivity index (χ0v) is 8.31. The molecule has 0 aliphatic rings. The molecule has 0 aromatic carbocycles. The Morgan fingerprint density at radius 3 is 2.83 bits per heavy atom. The molecule has 3 nitrogen and oxygen atoms in total. The minimum atomic E-state index is 0.0952. The number of ketones is 1. The molecule has 4 heteroatoms. The van der Waals surface area contributed by atoms with E-state index in [1.54, 1.807) is 16.3 Å². The van der Waals surface area contributed by atoms with Gasteiger partial charge in [0.05, 0.1) is 0 Å². The second-order valence-electron chi connectivity index (χ2n) is 2.49. The van der Waals surface area contributed by atoms with Crippen LogP contribution < -0.4 is 0 Å². The molecular weight excluding hydrogens is 172 g/mol. The maximum Gasteiger partial charge on any atom is 0.198 e. The van der Waals surface area contributed by atoms with Gasteiger partial charge in [-0.2, -0.15) is 0 Å². The van der Waals surface area contributed by atoms with Crippen molar-refractivity contribution < 1.29 is 4.79 Å². The van der Waals surface area contributed by atoms with Gasteiger partial charge in [0.15, 0.2) is 11.6 Å². The maximum absolute atomic E-state index is 11.3. The summed E-state index contributed by atoms with van der Waals surface area (Å²) in [7, 11) is 1.84. The number of aromatic nitrogens is 2. The van der Waals surface area contributed by atoms with Gasteiger partial charge in [-0.15, -0.1) is 11.8 Å². The first kappa shape index (κ1) is 9.32. The molecule has 1 aromatic rings. The van der Waals surface area contributed by atoms with Crippen LogP contribution in [0.3, 0.4) is 0 Å². The van der Waals surface area contributed by atoms with E-state index in [9.17, 15) is 4.79 Å². The number of thioether (sulfide) groups is 1. The highest BCUT2D eigenvalue weighted by Gasteiger charge is 2.10. The topological polar surface area (TPSA) is 34.9 Å². The SMILES string of the molecule is CCC(=O)c1nc(SC)cn1C. The van der Waals surface area contributed by atoms with E-state index >= 15 is 0 Å².